The highest BCUT2D eigenvalue weighted by molar-refractivity contribution is 9.10. The van der Waals surface area contributed by atoms with Crippen LogP contribution in [0.1, 0.15) is 5.56 Å². The van der Waals surface area contributed by atoms with Crippen LogP contribution in [-0.2, 0) is 11.2 Å². The highest BCUT2D eigenvalue weighted by Crippen LogP contribution is 2.32. The molecule has 1 aromatic carbocycles. The molecule has 0 amide bonds. The minimum atomic E-state index is -1.03. The number of nitro benzene ring substituents is 1. The molecule has 0 atom stereocenters. The van der Waals surface area contributed by atoms with Gasteiger partial charge in [0.15, 0.2) is 0 Å². The van der Waals surface area contributed by atoms with Gasteiger partial charge in [0.05, 0.1) is 29.0 Å². The Morgan fingerprint density at radius 2 is 2.25 bits per heavy atom. The van der Waals surface area contributed by atoms with E-state index in [-0.39, 0.29) is 22.3 Å². The van der Waals surface area contributed by atoms with Gasteiger partial charge in [0.1, 0.15) is 5.75 Å². The summed E-state index contributed by atoms with van der Waals surface area (Å²) in [6.07, 6.45) is -0.250. The second-order valence-electron chi connectivity index (χ2n) is 2.94. The van der Waals surface area contributed by atoms with Crippen molar-refractivity contribution in [3.63, 3.8) is 0 Å². The van der Waals surface area contributed by atoms with Crippen LogP contribution in [0.3, 0.4) is 0 Å². The lowest BCUT2D eigenvalue weighted by molar-refractivity contribution is -0.385. The molecule has 0 spiro atoms. The third kappa shape index (κ3) is 2.69. The number of carboxylic acid groups (broad SMARTS) is 1. The first-order valence-electron chi connectivity index (χ1n) is 4.18. The van der Waals surface area contributed by atoms with Crippen molar-refractivity contribution in [2.24, 2.45) is 0 Å². The monoisotopic (exact) mass is 289 g/mol. The molecule has 0 fully saturated rings. The van der Waals surface area contributed by atoms with E-state index in [9.17, 15) is 14.9 Å². The van der Waals surface area contributed by atoms with Gasteiger partial charge in [-0.2, -0.15) is 0 Å². The molecule has 86 valence electrons. The van der Waals surface area contributed by atoms with Crippen molar-refractivity contribution < 1.29 is 19.6 Å². The number of halogens is 1. The molecule has 0 radical (unpaired) electrons. The molecule has 1 N–H and O–H groups in total. The van der Waals surface area contributed by atoms with Crippen LogP contribution in [0, 0.1) is 10.1 Å². The number of carbonyl (C=O) groups is 1. The summed E-state index contributed by atoms with van der Waals surface area (Å²) in [5.74, 6) is -0.837. The van der Waals surface area contributed by atoms with E-state index in [1.54, 1.807) is 0 Å². The fraction of sp³-hybridized carbons (Fsp3) is 0.222. The Labute approximate surface area is 99.1 Å². The Kier molecular flexibility index (Phi) is 3.83. The van der Waals surface area contributed by atoms with Gasteiger partial charge in [0.25, 0.3) is 5.69 Å². The summed E-state index contributed by atoms with van der Waals surface area (Å²) in [5, 5.41) is 19.3. The highest BCUT2D eigenvalue weighted by atomic mass is 79.9. The lowest BCUT2D eigenvalue weighted by atomic mass is 10.1. The SMILES string of the molecule is COc1cc([N+](=O)[O-])c(Br)cc1CC(=O)O. The van der Waals surface area contributed by atoms with Crippen molar-refractivity contribution in [1.29, 1.82) is 0 Å². The number of carboxylic acids is 1. The van der Waals surface area contributed by atoms with Gasteiger partial charge in [-0.15, -0.1) is 0 Å². The number of aliphatic carboxylic acids is 1. The molecule has 0 heterocycles. The van der Waals surface area contributed by atoms with Crippen LogP contribution in [0.4, 0.5) is 5.69 Å². The van der Waals surface area contributed by atoms with E-state index in [1.807, 2.05) is 0 Å². The zero-order chi connectivity index (χ0) is 12.3. The molecule has 0 aliphatic rings. The van der Waals surface area contributed by atoms with Gasteiger partial charge < -0.3 is 9.84 Å². The van der Waals surface area contributed by atoms with Crippen molar-refractivity contribution in [1.82, 2.24) is 0 Å². The smallest absolute Gasteiger partial charge is 0.307 e. The molecule has 0 unspecified atom stereocenters. The molecule has 0 aliphatic heterocycles. The quantitative estimate of drug-likeness (QED) is 0.676. The third-order valence-electron chi connectivity index (χ3n) is 1.89. The van der Waals surface area contributed by atoms with Crippen molar-refractivity contribution in [3.8, 4) is 5.75 Å². The first kappa shape index (κ1) is 12.4. The molecule has 6 nitrogen and oxygen atoms in total. The Morgan fingerprint density at radius 1 is 1.62 bits per heavy atom. The van der Waals surface area contributed by atoms with Gasteiger partial charge in [0.2, 0.25) is 0 Å². The molecule has 0 aliphatic carbocycles. The number of nitro groups is 1. The maximum Gasteiger partial charge on any atom is 0.307 e. The van der Waals surface area contributed by atoms with E-state index < -0.39 is 10.9 Å². The molecule has 16 heavy (non-hydrogen) atoms. The second kappa shape index (κ2) is 4.93. The van der Waals surface area contributed by atoms with Gasteiger partial charge >= 0.3 is 5.97 Å². The predicted molar refractivity (Wildman–Crippen MR) is 58.7 cm³/mol. The largest absolute Gasteiger partial charge is 0.496 e. The fourth-order valence-electron chi connectivity index (χ4n) is 1.21. The summed E-state index contributed by atoms with van der Waals surface area (Å²) in [7, 11) is 1.33. The summed E-state index contributed by atoms with van der Waals surface area (Å²) in [6, 6.07) is 2.58. The zero-order valence-corrected chi connectivity index (χ0v) is 9.85. The standard InChI is InChI=1S/C9H8BrNO5/c1-16-8-4-7(11(14)15)6(10)2-5(8)3-9(12)13/h2,4H,3H2,1H3,(H,12,13). The number of nitrogens with zero attached hydrogens (tertiary/aromatic N) is 1. The molecule has 1 rings (SSSR count). The number of hydrogen-bond acceptors (Lipinski definition) is 4. The van der Waals surface area contributed by atoms with E-state index in [4.69, 9.17) is 9.84 Å². The number of methoxy groups -OCH3 is 1. The van der Waals surface area contributed by atoms with Gasteiger partial charge in [-0.05, 0) is 22.0 Å². The Balaban J connectivity index is 3.26. The van der Waals surface area contributed by atoms with E-state index in [0.29, 0.717) is 5.56 Å². The molecular formula is C9H8BrNO5. The highest BCUT2D eigenvalue weighted by Gasteiger charge is 2.18. The first-order valence-corrected chi connectivity index (χ1v) is 4.97. The maximum absolute atomic E-state index is 10.6. The van der Waals surface area contributed by atoms with Gasteiger partial charge in [-0.1, -0.05) is 0 Å². The number of hydrogen-bond donors (Lipinski definition) is 1. The zero-order valence-electron chi connectivity index (χ0n) is 8.27. The fourth-order valence-corrected chi connectivity index (χ4v) is 1.75. The van der Waals surface area contributed by atoms with Crippen molar-refractivity contribution >= 4 is 27.6 Å². The van der Waals surface area contributed by atoms with Gasteiger partial charge in [-0.25, -0.2) is 0 Å². The lowest BCUT2D eigenvalue weighted by Gasteiger charge is -2.07. The average Bonchev–Trinajstić information content (AvgIpc) is 2.16. The topological polar surface area (TPSA) is 89.7 Å². The Bertz CT molecular complexity index is 446. The van der Waals surface area contributed by atoms with Crippen LogP contribution in [0.15, 0.2) is 16.6 Å². The summed E-state index contributed by atoms with van der Waals surface area (Å²) in [6.45, 7) is 0. The van der Waals surface area contributed by atoms with Crippen LogP contribution >= 0.6 is 15.9 Å². The second-order valence-corrected chi connectivity index (χ2v) is 3.80. The van der Waals surface area contributed by atoms with Crippen LogP contribution in [0.5, 0.6) is 5.75 Å². The van der Waals surface area contributed by atoms with E-state index in [1.165, 1.54) is 19.2 Å². The molecular weight excluding hydrogens is 282 g/mol. The van der Waals surface area contributed by atoms with Crippen LogP contribution in [0.25, 0.3) is 0 Å². The molecule has 0 aromatic heterocycles. The van der Waals surface area contributed by atoms with Crippen molar-refractivity contribution in [3.05, 3.63) is 32.3 Å². The molecule has 1 aromatic rings. The van der Waals surface area contributed by atoms with E-state index in [2.05, 4.69) is 15.9 Å². The molecule has 0 bridgehead atoms. The molecule has 0 saturated heterocycles. The van der Waals surface area contributed by atoms with E-state index in [0.717, 1.165) is 0 Å². The minimum absolute atomic E-state index is 0.161. The lowest BCUT2D eigenvalue weighted by Crippen LogP contribution is -2.03. The number of ether oxygens (including phenoxy) is 1. The Hall–Kier alpha value is -1.63. The van der Waals surface area contributed by atoms with Gasteiger partial charge in [0, 0.05) is 5.56 Å². The van der Waals surface area contributed by atoms with Crippen LogP contribution in [0.2, 0.25) is 0 Å². The Morgan fingerprint density at radius 3 is 2.69 bits per heavy atom. The summed E-state index contributed by atoms with van der Waals surface area (Å²) in [5.41, 5.74) is 0.221. The van der Waals surface area contributed by atoms with Crippen molar-refractivity contribution in [2.45, 2.75) is 6.42 Å². The van der Waals surface area contributed by atoms with Crippen molar-refractivity contribution in [2.75, 3.05) is 7.11 Å². The summed E-state index contributed by atoms with van der Waals surface area (Å²) < 4.78 is 5.13. The normalized spacial score (nSPS) is 9.88. The maximum atomic E-state index is 10.6. The average molecular weight is 290 g/mol. The van der Waals surface area contributed by atoms with E-state index >= 15 is 0 Å². The molecule has 7 heteroatoms. The third-order valence-corrected chi connectivity index (χ3v) is 2.52. The minimum Gasteiger partial charge on any atom is -0.496 e. The van der Waals surface area contributed by atoms with Crippen LogP contribution < -0.4 is 4.74 Å². The molecule has 0 saturated carbocycles. The first-order chi connectivity index (χ1) is 7.45. The number of benzene rings is 1. The number of rotatable bonds is 4. The predicted octanol–water partition coefficient (Wildman–Crippen LogP) is 1.99. The van der Waals surface area contributed by atoms with Gasteiger partial charge in [-0.3, -0.25) is 14.9 Å². The summed E-state index contributed by atoms with van der Waals surface area (Å²) in [4.78, 5) is 20.6. The van der Waals surface area contributed by atoms with Crippen LogP contribution in [-0.4, -0.2) is 23.1 Å². The summed E-state index contributed by atoms with van der Waals surface area (Å²) >= 11 is 3.01.